The monoisotopic (exact) mass is 336 g/mol. The molecule has 0 N–H and O–H groups in total. The Morgan fingerprint density at radius 2 is 1.48 bits per heavy atom. The summed E-state index contributed by atoms with van der Waals surface area (Å²) in [4.78, 5) is 26.4. The molecule has 6 heteroatoms. The lowest BCUT2D eigenvalue weighted by Gasteiger charge is -2.19. The highest BCUT2D eigenvalue weighted by Gasteiger charge is 2.38. The zero-order valence-electron chi connectivity index (χ0n) is 13.9. The lowest BCUT2D eigenvalue weighted by atomic mass is 10.1. The van der Waals surface area contributed by atoms with E-state index in [0.717, 1.165) is 4.90 Å². The molecule has 1 heterocycles. The van der Waals surface area contributed by atoms with Crippen LogP contribution in [0.1, 0.15) is 40.1 Å². The Balaban J connectivity index is 2.14. The second-order valence-corrected chi connectivity index (χ2v) is 5.29. The summed E-state index contributed by atoms with van der Waals surface area (Å²) >= 11 is 0. The van der Waals surface area contributed by atoms with Gasteiger partial charge in [0, 0.05) is 12.1 Å². The van der Waals surface area contributed by atoms with Crippen LogP contribution in [0.15, 0.2) is 36.4 Å². The number of hydrogen-bond acceptors (Lipinski definition) is 5. The van der Waals surface area contributed by atoms with E-state index in [1.54, 1.807) is 24.3 Å². The van der Waals surface area contributed by atoms with E-state index in [1.807, 2.05) is 19.9 Å². The molecule has 6 nitrogen and oxygen atoms in total. The van der Waals surface area contributed by atoms with E-state index in [2.05, 4.69) is 0 Å². The average Bonchev–Trinajstić information content (AvgIpc) is 2.88. The minimum Gasteiger partial charge on any atom is -0.490 e. The van der Waals surface area contributed by atoms with Crippen molar-refractivity contribution in [1.82, 2.24) is 0 Å². The van der Waals surface area contributed by atoms with Gasteiger partial charge in [0.15, 0.2) is 11.5 Å². The van der Waals surface area contributed by atoms with Gasteiger partial charge >= 0.3 is 0 Å². The topological polar surface area (TPSA) is 79.6 Å². The molecule has 2 aromatic carbocycles. The summed E-state index contributed by atoms with van der Waals surface area (Å²) in [6.07, 6.45) is 0. The Bertz CT molecular complexity index is 864. The number of carbonyl (C=O) groups is 2. The zero-order chi connectivity index (χ0) is 18.0. The zero-order valence-corrected chi connectivity index (χ0v) is 13.9. The van der Waals surface area contributed by atoms with Crippen LogP contribution in [-0.2, 0) is 0 Å². The van der Waals surface area contributed by atoms with Gasteiger partial charge in [0.1, 0.15) is 6.07 Å². The average molecular weight is 336 g/mol. The summed E-state index contributed by atoms with van der Waals surface area (Å²) in [6, 6.07) is 11.6. The highest BCUT2D eigenvalue weighted by Crippen LogP contribution is 2.38. The van der Waals surface area contributed by atoms with Crippen LogP contribution in [0.3, 0.4) is 0 Å². The van der Waals surface area contributed by atoms with Crippen LogP contribution >= 0.6 is 0 Å². The van der Waals surface area contributed by atoms with Gasteiger partial charge in [0.05, 0.1) is 35.6 Å². The molecule has 0 atom stereocenters. The first kappa shape index (κ1) is 16.5. The Kier molecular flexibility index (Phi) is 4.40. The molecule has 0 unspecified atom stereocenters. The van der Waals surface area contributed by atoms with Crippen molar-refractivity contribution >= 4 is 17.5 Å². The maximum absolute atomic E-state index is 12.7. The summed E-state index contributed by atoms with van der Waals surface area (Å²) in [5, 5.41) is 9.49. The molecule has 126 valence electrons. The molecule has 0 bridgehead atoms. The van der Waals surface area contributed by atoms with Gasteiger partial charge in [-0.1, -0.05) is 12.1 Å². The van der Waals surface area contributed by atoms with E-state index in [4.69, 9.17) is 9.47 Å². The quantitative estimate of drug-likeness (QED) is 0.784. The lowest BCUT2D eigenvalue weighted by molar-refractivity contribution is 0.0926. The lowest BCUT2D eigenvalue weighted by Crippen LogP contribution is -2.30. The maximum atomic E-state index is 12.7. The molecule has 3 rings (SSSR count). The van der Waals surface area contributed by atoms with Crippen molar-refractivity contribution in [3.05, 3.63) is 53.1 Å². The highest BCUT2D eigenvalue weighted by molar-refractivity contribution is 6.34. The first-order valence-corrected chi connectivity index (χ1v) is 7.93. The van der Waals surface area contributed by atoms with Gasteiger partial charge in [-0.25, -0.2) is 4.90 Å². The first-order valence-electron chi connectivity index (χ1n) is 7.93. The minimum absolute atomic E-state index is 0.168. The number of rotatable bonds is 5. The van der Waals surface area contributed by atoms with E-state index in [1.165, 1.54) is 12.1 Å². The second kappa shape index (κ2) is 6.65. The molecule has 0 aliphatic carbocycles. The normalized spacial score (nSPS) is 12.8. The number of carbonyl (C=O) groups excluding carboxylic acids is 2. The smallest absolute Gasteiger partial charge is 0.266 e. The molecule has 1 aliphatic rings. The van der Waals surface area contributed by atoms with Gasteiger partial charge in [-0.3, -0.25) is 9.59 Å². The summed E-state index contributed by atoms with van der Waals surface area (Å²) in [7, 11) is 0. The number of ether oxygens (including phenoxy) is 2. The Morgan fingerprint density at radius 1 is 0.960 bits per heavy atom. The third-order valence-electron chi connectivity index (χ3n) is 3.82. The van der Waals surface area contributed by atoms with E-state index in [9.17, 15) is 14.9 Å². The number of amides is 2. The summed E-state index contributed by atoms with van der Waals surface area (Å²) < 4.78 is 11.1. The molecular formula is C19H16N2O4. The third-order valence-corrected chi connectivity index (χ3v) is 3.82. The molecule has 0 radical (unpaired) electrons. The van der Waals surface area contributed by atoms with Crippen molar-refractivity contribution in [2.75, 3.05) is 18.1 Å². The molecule has 1 aliphatic heterocycles. The van der Waals surface area contributed by atoms with Crippen LogP contribution in [0.4, 0.5) is 5.69 Å². The summed E-state index contributed by atoms with van der Waals surface area (Å²) in [6.45, 7) is 4.42. The van der Waals surface area contributed by atoms with E-state index in [0.29, 0.717) is 35.8 Å². The van der Waals surface area contributed by atoms with Gasteiger partial charge in [0.2, 0.25) is 0 Å². The van der Waals surface area contributed by atoms with Crippen molar-refractivity contribution in [2.24, 2.45) is 0 Å². The van der Waals surface area contributed by atoms with Crippen LogP contribution in [-0.4, -0.2) is 25.0 Å². The molecule has 2 amide bonds. The van der Waals surface area contributed by atoms with Crippen LogP contribution in [0, 0.1) is 11.3 Å². The van der Waals surface area contributed by atoms with Gasteiger partial charge < -0.3 is 9.47 Å². The van der Waals surface area contributed by atoms with Gasteiger partial charge in [-0.05, 0) is 26.0 Å². The molecule has 0 aromatic heterocycles. The number of nitrogens with zero attached hydrogens (tertiary/aromatic N) is 2. The molecule has 2 aromatic rings. The number of fused-ring (bicyclic) bond motifs is 1. The van der Waals surface area contributed by atoms with E-state index >= 15 is 0 Å². The second-order valence-electron chi connectivity index (χ2n) is 5.29. The van der Waals surface area contributed by atoms with E-state index < -0.39 is 11.8 Å². The van der Waals surface area contributed by atoms with Crippen molar-refractivity contribution < 1.29 is 19.1 Å². The highest BCUT2D eigenvalue weighted by atomic mass is 16.5. The fraction of sp³-hybridized carbons (Fsp3) is 0.211. The van der Waals surface area contributed by atoms with Gasteiger partial charge in [-0.2, -0.15) is 5.26 Å². The number of imide groups is 1. The van der Waals surface area contributed by atoms with Crippen LogP contribution in [0.2, 0.25) is 0 Å². The Labute approximate surface area is 145 Å². The SMILES string of the molecule is CCOc1cc(C#N)c(N2C(=O)c3ccccc3C2=O)cc1OCC. The number of benzene rings is 2. The number of nitriles is 1. The predicted molar refractivity (Wildman–Crippen MR) is 91.1 cm³/mol. The van der Waals surface area contributed by atoms with Gasteiger partial charge in [-0.15, -0.1) is 0 Å². The summed E-state index contributed by atoms with van der Waals surface area (Å²) in [5.74, 6) is -0.122. The molecule has 0 fully saturated rings. The van der Waals surface area contributed by atoms with Crippen LogP contribution in [0.5, 0.6) is 11.5 Å². The standard InChI is InChI=1S/C19H16N2O4/c1-3-24-16-9-12(11-20)15(10-17(16)25-4-2)21-18(22)13-7-5-6-8-14(13)19(21)23/h5-10H,3-4H2,1-2H3. The van der Waals surface area contributed by atoms with Crippen molar-refractivity contribution in [3.63, 3.8) is 0 Å². The van der Waals surface area contributed by atoms with Gasteiger partial charge in [0.25, 0.3) is 11.8 Å². The third kappa shape index (κ3) is 2.70. The molecule has 0 saturated heterocycles. The fourth-order valence-electron chi connectivity index (χ4n) is 2.77. The predicted octanol–water partition coefficient (Wildman–Crippen LogP) is 3.16. The van der Waals surface area contributed by atoms with Crippen molar-refractivity contribution in [3.8, 4) is 17.6 Å². The maximum Gasteiger partial charge on any atom is 0.266 e. The molecule has 0 spiro atoms. The Morgan fingerprint density at radius 3 is 1.96 bits per heavy atom. The van der Waals surface area contributed by atoms with E-state index in [-0.39, 0.29) is 11.3 Å². The number of hydrogen-bond donors (Lipinski definition) is 0. The largest absolute Gasteiger partial charge is 0.490 e. The van der Waals surface area contributed by atoms with Crippen LogP contribution < -0.4 is 14.4 Å². The first-order chi connectivity index (χ1) is 12.1. The van der Waals surface area contributed by atoms with Crippen LogP contribution in [0.25, 0.3) is 0 Å². The molecule has 25 heavy (non-hydrogen) atoms. The summed E-state index contributed by atoms with van der Waals surface area (Å²) in [5.41, 5.74) is 1.01. The number of anilines is 1. The fourth-order valence-corrected chi connectivity index (χ4v) is 2.77. The van der Waals surface area contributed by atoms with Crippen molar-refractivity contribution in [1.29, 1.82) is 5.26 Å². The molecule has 0 saturated carbocycles. The Hall–Kier alpha value is -3.33. The minimum atomic E-state index is -0.455. The van der Waals surface area contributed by atoms with Crippen molar-refractivity contribution in [2.45, 2.75) is 13.8 Å². The molecular weight excluding hydrogens is 320 g/mol.